The molecule has 22 heavy (non-hydrogen) atoms. The summed E-state index contributed by atoms with van der Waals surface area (Å²) in [6.45, 7) is 2.76. The Morgan fingerprint density at radius 1 is 1.50 bits per heavy atom. The smallest absolute Gasteiger partial charge is 0.276 e. The van der Waals surface area contributed by atoms with E-state index in [2.05, 4.69) is 5.10 Å². The lowest BCUT2D eigenvalue weighted by Crippen LogP contribution is -2.48. The molecule has 2 heterocycles. The number of aryl methyl sites for hydroxylation is 1. The SMILES string of the molecule is CC(CC#N)N(C)S(=O)(=O)N1CCC(c2cnn(C)c2)CC1. The molecule has 0 spiro atoms. The molecular weight excluding hydrogens is 302 g/mol. The highest BCUT2D eigenvalue weighted by Gasteiger charge is 2.33. The van der Waals surface area contributed by atoms with Gasteiger partial charge in [-0.1, -0.05) is 0 Å². The van der Waals surface area contributed by atoms with Gasteiger partial charge in [-0.25, -0.2) is 0 Å². The molecule has 7 nitrogen and oxygen atoms in total. The average molecular weight is 325 g/mol. The molecule has 1 atom stereocenters. The number of hydrogen-bond donors (Lipinski definition) is 0. The summed E-state index contributed by atoms with van der Waals surface area (Å²) in [6, 6.07) is 1.71. The highest BCUT2D eigenvalue weighted by Crippen LogP contribution is 2.29. The van der Waals surface area contributed by atoms with Crippen LogP contribution in [0.15, 0.2) is 12.4 Å². The van der Waals surface area contributed by atoms with Crippen molar-refractivity contribution in [3.05, 3.63) is 18.0 Å². The summed E-state index contributed by atoms with van der Waals surface area (Å²) < 4.78 is 29.8. The van der Waals surface area contributed by atoms with Gasteiger partial charge < -0.3 is 0 Å². The number of nitriles is 1. The van der Waals surface area contributed by atoms with E-state index in [0.717, 1.165) is 12.8 Å². The van der Waals surface area contributed by atoms with Crippen LogP contribution in [-0.4, -0.2) is 53.0 Å². The van der Waals surface area contributed by atoms with Crippen molar-refractivity contribution < 1.29 is 8.42 Å². The molecule has 8 heteroatoms. The molecule has 1 aliphatic rings. The second-order valence-electron chi connectivity index (χ2n) is 5.86. The number of piperidine rings is 1. The van der Waals surface area contributed by atoms with Crippen LogP contribution >= 0.6 is 0 Å². The first-order chi connectivity index (χ1) is 10.4. The van der Waals surface area contributed by atoms with Gasteiger partial charge in [-0.2, -0.15) is 27.4 Å². The van der Waals surface area contributed by atoms with Crippen LogP contribution in [0.2, 0.25) is 0 Å². The fraction of sp³-hybridized carbons (Fsp3) is 0.714. The van der Waals surface area contributed by atoms with Crippen molar-refractivity contribution in [2.24, 2.45) is 7.05 Å². The van der Waals surface area contributed by atoms with E-state index in [1.165, 1.54) is 14.2 Å². The normalized spacial score (nSPS) is 19.2. The van der Waals surface area contributed by atoms with Gasteiger partial charge >= 0.3 is 0 Å². The third-order valence-corrected chi connectivity index (χ3v) is 6.45. The van der Waals surface area contributed by atoms with Crippen LogP contribution in [-0.2, 0) is 17.3 Å². The van der Waals surface area contributed by atoms with Crippen molar-refractivity contribution >= 4 is 10.2 Å². The Labute approximate surface area is 132 Å². The van der Waals surface area contributed by atoms with Crippen LogP contribution < -0.4 is 0 Å². The third kappa shape index (κ3) is 3.48. The van der Waals surface area contributed by atoms with E-state index in [-0.39, 0.29) is 12.5 Å². The van der Waals surface area contributed by atoms with Crippen molar-refractivity contribution in [1.29, 1.82) is 5.26 Å². The third-order valence-electron chi connectivity index (χ3n) is 4.35. The Hall–Kier alpha value is -1.43. The number of hydrogen-bond acceptors (Lipinski definition) is 4. The molecule has 0 radical (unpaired) electrons. The van der Waals surface area contributed by atoms with Gasteiger partial charge in [0.05, 0.1) is 18.7 Å². The Morgan fingerprint density at radius 2 is 2.14 bits per heavy atom. The zero-order valence-electron chi connectivity index (χ0n) is 13.3. The van der Waals surface area contributed by atoms with Gasteiger partial charge in [0.2, 0.25) is 0 Å². The summed E-state index contributed by atoms with van der Waals surface area (Å²) in [5, 5.41) is 12.9. The Kier molecular flexibility index (Phi) is 5.21. The van der Waals surface area contributed by atoms with Gasteiger partial charge in [-0.3, -0.25) is 4.68 Å². The highest BCUT2D eigenvalue weighted by atomic mass is 32.2. The molecule has 1 aromatic rings. The maximum atomic E-state index is 12.6. The largest absolute Gasteiger partial charge is 0.281 e. The number of rotatable bonds is 5. The molecule has 1 saturated heterocycles. The minimum Gasteiger partial charge on any atom is -0.276 e. The molecule has 1 aliphatic heterocycles. The minimum absolute atomic E-state index is 0.196. The van der Waals surface area contributed by atoms with Crippen LogP contribution in [0.1, 0.15) is 37.7 Å². The zero-order valence-corrected chi connectivity index (χ0v) is 14.1. The predicted molar refractivity (Wildman–Crippen MR) is 83.1 cm³/mol. The monoisotopic (exact) mass is 325 g/mol. The second kappa shape index (κ2) is 6.77. The van der Waals surface area contributed by atoms with Crippen molar-refractivity contribution in [3.63, 3.8) is 0 Å². The molecule has 0 amide bonds. The predicted octanol–water partition coefficient (Wildman–Crippen LogP) is 1.08. The van der Waals surface area contributed by atoms with E-state index in [1.807, 2.05) is 25.5 Å². The first kappa shape index (κ1) is 16.9. The molecule has 1 unspecified atom stereocenters. The fourth-order valence-electron chi connectivity index (χ4n) is 2.74. The molecule has 0 saturated carbocycles. The number of nitrogens with zero attached hydrogens (tertiary/aromatic N) is 5. The summed E-state index contributed by atoms with van der Waals surface area (Å²) in [7, 11) is -0.0594. The molecule has 2 rings (SSSR count). The van der Waals surface area contributed by atoms with E-state index in [0.29, 0.717) is 19.0 Å². The molecular formula is C14H23N5O2S. The molecule has 0 aromatic carbocycles. The lowest BCUT2D eigenvalue weighted by atomic mass is 9.93. The summed E-state index contributed by atoms with van der Waals surface area (Å²) in [5.41, 5.74) is 1.17. The van der Waals surface area contributed by atoms with Gasteiger partial charge in [0.1, 0.15) is 0 Å². The Morgan fingerprint density at radius 3 is 2.64 bits per heavy atom. The lowest BCUT2D eigenvalue weighted by Gasteiger charge is -2.35. The molecule has 0 N–H and O–H groups in total. The maximum absolute atomic E-state index is 12.6. The summed E-state index contributed by atoms with van der Waals surface area (Å²) in [5.74, 6) is 0.363. The van der Waals surface area contributed by atoms with Crippen LogP contribution in [0.3, 0.4) is 0 Å². The Balaban J connectivity index is 2.00. The average Bonchev–Trinajstić information content (AvgIpc) is 2.93. The van der Waals surface area contributed by atoms with Gasteiger partial charge in [0.15, 0.2) is 0 Å². The minimum atomic E-state index is -3.49. The summed E-state index contributed by atoms with van der Waals surface area (Å²) in [6.07, 6.45) is 5.64. The molecule has 1 aromatic heterocycles. The van der Waals surface area contributed by atoms with E-state index in [9.17, 15) is 8.42 Å². The standard InChI is InChI=1S/C14H23N5O2S/c1-12(4-7-15)18(3)22(20,21)19-8-5-13(6-9-19)14-10-16-17(2)11-14/h10-13H,4-6,8-9H2,1-3H3. The summed E-state index contributed by atoms with van der Waals surface area (Å²) >= 11 is 0. The van der Waals surface area contributed by atoms with Crippen LogP contribution in [0.5, 0.6) is 0 Å². The van der Waals surface area contributed by atoms with E-state index in [4.69, 9.17) is 5.26 Å². The lowest BCUT2D eigenvalue weighted by molar-refractivity contribution is 0.282. The van der Waals surface area contributed by atoms with Crippen molar-refractivity contribution in [3.8, 4) is 6.07 Å². The van der Waals surface area contributed by atoms with Gasteiger partial charge in [0, 0.05) is 39.4 Å². The van der Waals surface area contributed by atoms with E-state index in [1.54, 1.807) is 18.7 Å². The van der Waals surface area contributed by atoms with Crippen LogP contribution in [0.25, 0.3) is 0 Å². The van der Waals surface area contributed by atoms with E-state index >= 15 is 0 Å². The molecule has 0 bridgehead atoms. The topological polar surface area (TPSA) is 82.2 Å². The van der Waals surface area contributed by atoms with Crippen molar-refractivity contribution in [1.82, 2.24) is 18.4 Å². The van der Waals surface area contributed by atoms with Crippen LogP contribution in [0.4, 0.5) is 0 Å². The maximum Gasteiger partial charge on any atom is 0.281 e. The van der Waals surface area contributed by atoms with Crippen molar-refractivity contribution in [2.45, 2.75) is 38.1 Å². The molecule has 122 valence electrons. The number of aromatic nitrogens is 2. The Bertz CT molecular complexity index is 640. The van der Waals surface area contributed by atoms with Crippen molar-refractivity contribution in [2.75, 3.05) is 20.1 Å². The first-order valence-electron chi connectivity index (χ1n) is 7.45. The summed E-state index contributed by atoms with van der Waals surface area (Å²) in [4.78, 5) is 0. The fourth-order valence-corrected chi connectivity index (χ4v) is 4.31. The molecule has 1 fully saturated rings. The van der Waals surface area contributed by atoms with E-state index < -0.39 is 10.2 Å². The highest BCUT2D eigenvalue weighted by molar-refractivity contribution is 7.86. The molecule has 0 aliphatic carbocycles. The second-order valence-corrected chi connectivity index (χ2v) is 7.84. The zero-order chi connectivity index (χ0) is 16.3. The van der Waals surface area contributed by atoms with Gasteiger partial charge in [0.25, 0.3) is 10.2 Å². The first-order valence-corrected chi connectivity index (χ1v) is 8.84. The quantitative estimate of drug-likeness (QED) is 0.811. The van der Waals surface area contributed by atoms with Gasteiger partial charge in [-0.15, -0.1) is 0 Å². The van der Waals surface area contributed by atoms with Crippen LogP contribution in [0, 0.1) is 11.3 Å². The van der Waals surface area contributed by atoms with Gasteiger partial charge in [-0.05, 0) is 31.2 Å².